The quantitative estimate of drug-likeness (QED) is 0.663. The Balaban J connectivity index is 2.94. The van der Waals surface area contributed by atoms with Crippen molar-refractivity contribution in [3.8, 4) is 0 Å². The van der Waals surface area contributed by atoms with Gasteiger partial charge in [-0.05, 0) is 18.6 Å². The maximum absolute atomic E-state index is 14.0. The minimum absolute atomic E-state index is 0.173. The molecule has 0 atom stereocenters. The minimum Gasteiger partial charge on any atom is -0.385 e. The fourth-order valence-corrected chi connectivity index (χ4v) is 2.84. The highest BCUT2D eigenvalue weighted by molar-refractivity contribution is 7.90. The number of carbonyl (C=O) groups is 1. The Hall–Kier alpha value is -1.71. The lowest BCUT2D eigenvalue weighted by molar-refractivity contribution is -0.119. The second-order valence-corrected chi connectivity index (χ2v) is 7.01. The zero-order chi connectivity index (χ0) is 17.5. The van der Waals surface area contributed by atoms with Crippen molar-refractivity contribution < 1.29 is 22.3 Å². The number of nitrogens with zero attached hydrogens (tertiary/aromatic N) is 2. The Labute approximate surface area is 136 Å². The minimum atomic E-state index is -4.00. The van der Waals surface area contributed by atoms with Crippen LogP contribution in [0.1, 0.15) is 6.42 Å². The van der Waals surface area contributed by atoms with E-state index in [1.54, 1.807) is 7.11 Å². The average molecular weight is 347 g/mol. The SMILES string of the molecule is COCCCNC(=O)CN(c1ccccc1F)S(=O)(=O)N(C)C. The molecule has 0 unspecified atom stereocenters. The van der Waals surface area contributed by atoms with E-state index in [4.69, 9.17) is 4.74 Å². The summed E-state index contributed by atoms with van der Waals surface area (Å²) in [6.07, 6.45) is 0.600. The van der Waals surface area contributed by atoms with Crippen LogP contribution in [-0.2, 0) is 19.7 Å². The third-order valence-electron chi connectivity index (χ3n) is 3.00. The van der Waals surface area contributed by atoms with Crippen molar-refractivity contribution in [3.05, 3.63) is 30.1 Å². The molecule has 0 aliphatic heterocycles. The van der Waals surface area contributed by atoms with Gasteiger partial charge in [0.1, 0.15) is 12.4 Å². The van der Waals surface area contributed by atoms with Crippen molar-refractivity contribution in [1.29, 1.82) is 0 Å². The first-order valence-corrected chi connectivity index (χ1v) is 8.40. The molecule has 1 aromatic rings. The van der Waals surface area contributed by atoms with Crippen molar-refractivity contribution in [1.82, 2.24) is 9.62 Å². The van der Waals surface area contributed by atoms with Crippen LogP contribution in [0.5, 0.6) is 0 Å². The number of methoxy groups -OCH3 is 1. The molecule has 1 amide bonds. The summed E-state index contributed by atoms with van der Waals surface area (Å²) in [5, 5.41) is 2.58. The smallest absolute Gasteiger partial charge is 0.304 e. The Morgan fingerprint density at radius 2 is 1.96 bits per heavy atom. The standard InChI is InChI=1S/C14H22FN3O4S/c1-17(2)23(20,21)18(13-8-5-4-7-12(13)15)11-14(19)16-9-6-10-22-3/h4-5,7-8H,6,9-11H2,1-3H3,(H,16,19). The first-order chi connectivity index (χ1) is 10.8. The van der Waals surface area contributed by atoms with Gasteiger partial charge in [0.05, 0.1) is 5.69 Å². The molecule has 0 aliphatic carbocycles. The first-order valence-electron chi connectivity index (χ1n) is 7.01. The van der Waals surface area contributed by atoms with Crippen molar-refractivity contribution in [2.24, 2.45) is 0 Å². The highest BCUT2D eigenvalue weighted by Crippen LogP contribution is 2.22. The summed E-state index contributed by atoms with van der Waals surface area (Å²) in [6, 6.07) is 5.41. The zero-order valence-electron chi connectivity index (χ0n) is 13.5. The summed E-state index contributed by atoms with van der Waals surface area (Å²) in [7, 11) is 0.182. The van der Waals surface area contributed by atoms with Gasteiger partial charge in [-0.25, -0.2) is 8.70 Å². The van der Waals surface area contributed by atoms with Gasteiger partial charge in [0, 0.05) is 34.4 Å². The molecule has 23 heavy (non-hydrogen) atoms. The van der Waals surface area contributed by atoms with Crippen molar-refractivity contribution >= 4 is 21.8 Å². The van der Waals surface area contributed by atoms with Gasteiger partial charge in [-0.1, -0.05) is 12.1 Å². The number of amides is 1. The van der Waals surface area contributed by atoms with E-state index < -0.39 is 28.5 Å². The number of nitrogens with one attached hydrogen (secondary N) is 1. The van der Waals surface area contributed by atoms with Crippen LogP contribution in [0.25, 0.3) is 0 Å². The molecular formula is C14H22FN3O4S. The molecule has 7 nitrogen and oxygen atoms in total. The molecule has 0 saturated heterocycles. The topological polar surface area (TPSA) is 79.0 Å². The molecule has 0 heterocycles. The summed E-state index contributed by atoms with van der Waals surface area (Å²) in [4.78, 5) is 12.0. The molecule has 1 rings (SSSR count). The van der Waals surface area contributed by atoms with E-state index in [2.05, 4.69) is 5.32 Å². The first kappa shape index (κ1) is 19.3. The summed E-state index contributed by atoms with van der Waals surface area (Å²) >= 11 is 0. The van der Waals surface area contributed by atoms with Crippen LogP contribution in [0.2, 0.25) is 0 Å². The van der Waals surface area contributed by atoms with Crippen molar-refractivity contribution in [3.63, 3.8) is 0 Å². The lowest BCUT2D eigenvalue weighted by Gasteiger charge is -2.27. The number of halogens is 1. The third-order valence-corrected chi connectivity index (χ3v) is 4.80. The van der Waals surface area contributed by atoms with E-state index in [9.17, 15) is 17.6 Å². The van der Waals surface area contributed by atoms with Crippen LogP contribution in [-0.4, -0.2) is 59.5 Å². The maximum atomic E-state index is 14.0. The second-order valence-electron chi connectivity index (χ2n) is 4.94. The van der Waals surface area contributed by atoms with Crippen LogP contribution < -0.4 is 9.62 Å². The Bertz CT molecular complexity index is 622. The highest BCUT2D eigenvalue weighted by atomic mass is 32.2. The molecule has 0 bridgehead atoms. The van der Waals surface area contributed by atoms with Gasteiger partial charge >= 0.3 is 10.2 Å². The van der Waals surface area contributed by atoms with Gasteiger partial charge in [0.25, 0.3) is 0 Å². The molecule has 9 heteroatoms. The van der Waals surface area contributed by atoms with Gasteiger partial charge in [-0.2, -0.15) is 12.7 Å². The molecular weight excluding hydrogens is 325 g/mol. The predicted octanol–water partition coefficient (Wildman–Crippen LogP) is 0.591. The number of anilines is 1. The number of para-hydroxylation sites is 1. The lowest BCUT2D eigenvalue weighted by atomic mass is 10.3. The molecule has 0 spiro atoms. The van der Waals surface area contributed by atoms with Crippen LogP contribution in [0, 0.1) is 5.82 Å². The van der Waals surface area contributed by atoms with E-state index in [1.807, 2.05) is 0 Å². The monoisotopic (exact) mass is 347 g/mol. The lowest BCUT2D eigenvalue weighted by Crippen LogP contribution is -2.46. The summed E-state index contributed by atoms with van der Waals surface area (Å²) < 4.78 is 45.3. The Kier molecular flexibility index (Phi) is 7.40. The van der Waals surface area contributed by atoms with E-state index >= 15 is 0 Å². The van der Waals surface area contributed by atoms with E-state index in [0.717, 1.165) is 14.7 Å². The van der Waals surface area contributed by atoms with E-state index in [0.29, 0.717) is 19.6 Å². The number of rotatable bonds is 9. The largest absolute Gasteiger partial charge is 0.385 e. The number of hydrogen-bond donors (Lipinski definition) is 1. The van der Waals surface area contributed by atoms with Crippen LogP contribution in [0.4, 0.5) is 10.1 Å². The van der Waals surface area contributed by atoms with E-state index in [1.165, 1.54) is 32.3 Å². The summed E-state index contributed by atoms with van der Waals surface area (Å²) in [6.45, 7) is 0.321. The zero-order valence-corrected chi connectivity index (χ0v) is 14.3. The Morgan fingerprint density at radius 1 is 1.30 bits per heavy atom. The van der Waals surface area contributed by atoms with Gasteiger partial charge in [0.2, 0.25) is 5.91 Å². The van der Waals surface area contributed by atoms with E-state index in [-0.39, 0.29) is 5.69 Å². The summed E-state index contributed by atoms with van der Waals surface area (Å²) in [5.41, 5.74) is -0.173. The molecule has 0 radical (unpaired) electrons. The fourth-order valence-electron chi connectivity index (χ4n) is 1.77. The molecule has 0 fully saturated rings. The number of hydrogen-bond acceptors (Lipinski definition) is 4. The van der Waals surface area contributed by atoms with Crippen LogP contribution in [0.3, 0.4) is 0 Å². The van der Waals surface area contributed by atoms with Crippen molar-refractivity contribution in [2.45, 2.75) is 6.42 Å². The number of benzene rings is 1. The molecule has 0 aromatic heterocycles. The molecule has 0 saturated carbocycles. The number of carbonyl (C=O) groups excluding carboxylic acids is 1. The number of ether oxygens (including phenoxy) is 1. The average Bonchev–Trinajstić information content (AvgIpc) is 2.50. The van der Waals surface area contributed by atoms with Gasteiger partial charge in [-0.15, -0.1) is 0 Å². The van der Waals surface area contributed by atoms with Crippen LogP contribution >= 0.6 is 0 Å². The van der Waals surface area contributed by atoms with Gasteiger partial charge in [0.15, 0.2) is 0 Å². The molecule has 130 valence electrons. The molecule has 1 N–H and O–H groups in total. The fraction of sp³-hybridized carbons (Fsp3) is 0.500. The third kappa shape index (κ3) is 5.45. The van der Waals surface area contributed by atoms with Crippen molar-refractivity contribution in [2.75, 3.05) is 45.2 Å². The maximum Gasteiger partial charge on any atom is 0.304 e. The molecule has 1 aromatic carbocycles. The highest BCUT2D eigenvalue weighted by Gasteiger charge is 2.29. The Morgan fingerprint density at radius 3 is 2.52 bits per heavy atom. The van der Waals surface area contributed by atoms with Gasteiger partial charge < -0.3 is 10.1 Å². The molecule has 0 aliphatic rings. The normalized spacial score (nSPS) is 11.5. The predicted molar refractivity (Wildman–Crippen MR) is 85.9 cm³/mol. The van der Waals surface area contributed by atoms with Crippen LogP contribution in [0.15, 0.2) is 24.3 Å². The second kappa shape index (κ2) is 8.80. The van der Waals surface area contributed by atoms with Gasteiger partial charge in [-0.3, -0.25) is 4.79 Å². The summed E-state index contributed by atoms with van der Waals surface area (Å²) in [5.74, 6) is -1.24.